The molecule has 4 aliphatic carbocycles. The SMILES string of the molecule is CC1(C)CCC(C)(C)c2cc(N(c3ccccc3)c3cc4c(cc3-c3cccc5c3C(C)(C)CCC5(C)C)-c3ccccc3C43c4ccccc4-c4ccccc43)ccc21. The molecule has 0 heterocycles. The van der Waals surface area contributed by atoms with E-state index in [-0.39, 0.29) is 21.7 Å². The third kappa shape index (κ3) is 5.11. The minimum absolute atomic E-state index is 0.0131. The van der Waals surface area contributed by atoms with Crippen molar-refractivity contribution < 1.29 is 0 Å². The van der Waals surface area contributed by atoms with Crippen molar-refractivity contribution in [1.82, 2.24) is 0 Å². The molecule has 1 spiro atoms. The lowest BCUT2D eigenvalue weighted by Gasteiger charge is -2.44. The summed E-state index contributed by atoms with van der Waals surface area (Å²) in [5, 5.41) is 0. The molecule has 0 bridgehead atoms. The molecule has 0 aliphatic heterocycles. The number of para-hydroxylation sites is 1. The summed E-state index contributed by atoms with van der Waals surface area (Å²) in [5.74, 6) is 0. The van der Waals surface area contributed by atoms with E-state index in [2.05, 4.69) is 212 Å². The topological polar surface area (TPSA) is 3.24 Å². The molecule has 0 amide bonds. The van der Waals surface area contributed by atoms with Gasteiger partial charge in [0, 0.05) is 16.9 Å². The zero-order valence-electron chi connectivity index (χ0n) is 36.7. The first kappa shape index (κ1) is 37.3. The molecule has 60 heavy (non-hydrogen) atoms. The molecule has 298 valence electrons. The van der Waals surface area contributed by atoms with Crippen LogP contribution in [0.4, 0.5) is 17.1 Å². The van der Waals surface area contributed by atoms with Crippen molar-refractivity contribution >= 4 is 17.1 Å². The number of benzene rings is 7. The molecule has 0 fully saturated rings. The molecule has 0 N–H and O–H groups in total. The highest BCUT2D eigenvalue weighted by Gasteiger charge is 2.52. The average Bonchev–Trinajstić information content (AvgIpc) is 3.71. The number of hydrogen-bond donors (Lipinski definition) is 0. The van der Waals surface area contributed by atoms with Gasteiger partial charge < -0.3 is 4.90 Å². The Balaban J connectivity index is 1.29. The monoisotopic (exact) mass is 779 g/mol. The smallest absolute Gasteiger partial charge is 0.0726 e. The summed E-state index contributed by atoms with van der Waals surface area (Å²) >= 11 is 0. The molecule has 1 heteroatoms. The van der Waals surface area contributed by atoms with E-state index in [1.54, 1.807) is 0 Å². The van der Waals surface area contributed by atoms with Crippen molar-refractivity contribution in [2.75, 3.05) is 4.90 Å². The Bertz CT molecular complexity index is 2840. The first-order valence-corrected chi connectivity index (χ1v) is 22.4. The Hall–Kier alpha value is -5.66. The molecule has 1 nitrogen and oxygen atoms in total. The highest BCUT2D eigenvalue weighted by molar-refractivity contribution is 6.00. The van der Waals surface area contributed by atoms with Crippen molar-refractivity contribution in [2.24, 2.45) is 0 Å². The lowest BCUT2D eigenvalue weighted by molar-refractivity contribution is 0.332. The zero-order valence-corrected chi connectivity index (χ0v) is 36.7. The van der Waals surface area contributed by atoms with Gasteiger partial charge in [0.1, 0.15) is 0 Å². The van der Waals surface area contributed by atoms with Gasteiger partial charge in [-0.1, -0.05) is 171 Å². The normalized spacial score (nSPS) is 18.7. The predicted octanol–water partition coefficient (Wildman–Crippen LogP) is 15.9. The van der Waals surface area contributed by atoms with Crippen molar-refractivity contribution in [3.05, 3.63) is 196 Å². The molecule has 0 saturated carbocycles. The molecule has 7 aromatic carbocycles. The predicted molar refractivity (Wildman–Crippen MR) is 253 cm³/mol. The van der Waals surface area contributed by atoms with Crippen molar-refractivity contribution in [3.8, 4) is 33.4 Å². The van der Waals surface area contributed by atoms with E-state index in [9.17, 15) is 0 Å². The minimum Gasteiger partial charge on any atom is -0.310 e. The fourth-order valence-electron chi connectivity index (χ4n) is 12.2. The molecule has 0 unspecified atom stereocenters. The zero-order chi connectivity index (χ0) is 41.4. The summed E-state index contributed by atoms with van der Waals surface area (Å²) in [7, 11) is 0. The van der Waals surface area contributed by atoms with Crippen LogP contribution in [0.2, 0.25) is 0 Å². The number of anilines is 3. The maximum atomic E-state index is 2.63. The van der Waals surface area contributed by atoms with Gasteiger partial charge in [0.15, 0.2) is 0 Å². The Labute approximate surface area is 358 Å². The summed E-state index contributed by atoms with van der Waals surface area (Å²) in [5.41, 5.74) is 22.9. The molecule has 4 aliphatic rings. The lowest BCUT2D eigenvalue weighted by atomic mass is 9.61. The van der Waals surface area contributed by atoms with Crippen LogP contribution >= 0.6 is 0 Å². The van der Waals surface area contributed by atoms with E-state index in [4.69, 9.17) is 0 Å². The summed E-state index contributed by atoms with van der Waals surface area (Å²) in [6.07, 6.45) is 4.70. The van der Waals surface area contributed by atoms with Crippen molar-refractivity contribution in [1.29, 1.82) is 0 Å². The van der Waals surface area contributed by atoms with Crippen LogP contribution in [0, 0.1) is 0 Å². The second-order valence-corrected chi connectivity index (χ2v) is 21.0. The number of rotatable bonds is 4. The van der Waals surface area contributed by atoms with Crippen LogP contribution in [0.15, 0.2) is 152 Å². The number of nitrogens with zero attached hydrogens (tertiary/aromatic N) is 1. The van der Waals surface area contributed by atoms with Gasteiger partial charge in [-0.05, 0) is 156 Å². The highest BCUT2D eigenvalue weighted by Crippen LogP contribution is 2.65. The average molecular weight is 780 g/mol. The van der Waals surface area contributed by atoms with Gasteiger partial charge in [0.25, 0.3) is 0 Å². The Morgan fingerprint density at radius 3 is 1.42 bits per heavy atom. The summed E-state index contributed by atoms with van der Waals surface area (Å²) in [6.45, 7) is 19.7. The van der Waals surface area contributed by atoms with E-state index in [0.717, 1.165) is 6.42 Å². The first-order valence-electron chi connectivity index (χ1n) is 22.4. The largest absolute Gasteiger partial charge is 0.310 e. The number of fused-ring (bicyclic) bond motifs is 12. The second kappa shape index (κ2) is 12.7. The molecule has 0 saturated heterocycles. The van der Waals surface area contributed by atoms with E-state index >= 15 is 0 Å². The fourth-order valence-corrected chi connectivity index (χ4v) is 12.2. The van der Waals surface area contributed by atoms with Crippen LogP contribution in [0.3, 0.4) is 0 Å². The third-order valence-electron chi connectivity index (χ3n) is 15.6. The lowest BCUT2D eigenvalue weighted by Crippen LogP contribution is -2.34. The van der Waals surface area contributed by atoms with E-state index < -0.39 is 5.41 Å². The van der Waals surface area contributed by atoms with Gasteiger partial charge in [-0.3, -0.25) is 0 Å². The fraction of sp³-hybridized carbons (Fsp3) is 0.288. The van der Waals surface area contributed by atoms with Gasteiger partial charge >= 0.3 is 0 Å². The Kier molecular flexibility index (Phi) is 7.89. The Morgan fingerprint density at radius 2 is 0.800 bits per heavy atom. The van der Waals surface area contributed by atoms with Gasteiger partial charge in [0.2, 0.25) is 0 Å². The van der Waals surface area contributed by atoms with Crippen LogP contribution in [0.1, 0.15) is 126 Å². The highest BCUT2D eigenvalue weighted by atomic mass is 15.1. The van der Waals surface area contributed by atoms with Crippen LogP contribution in [0.5, 0.6) is 0 Å². The summed E-state index contributed by atoms with van der Waals surface area (Å²) in [4.78, 5) is 2.61. The van der Waals surface area contributed by atoms with Crippen LogP contribution in [-0.4, -0.2) is 0 Å². The van der Waals surface area contributed by atoms with Crippen LogP contribution in [0.25, 0.3) is 33.4 Å². The van der Waals surface area contributed by atoms with Crippen LogP contribution < -0.4 is 4.90 Å². The number of hydrogen-bond acceptors (Lipinski definition) is 1. The van der Waals surface area contributed by atoms with Gasteiger partial charge in [-0.2, -0.15) is 0 Å². The van der Waals surface area contributed by atoms with E-state index in [1.165, 1.54) is 114 Å². The molecule has 11 rings (SSSR count). The maximum Gasteiger partial charge on any atom is 0.0726 e. The quantitative estimate of drug-likeness (QED) is 0.172. The molecule has 7 aromatic rings. The third-order valence-corrected chi connectivity index (χ3v) is 15.6. The standard InChI is InChI=1S/C59H57N/c1-55(2)31-32-57(5,6)52-35-39(29-30-49(52)55)60(38-19-10-9-11-20-38)53-37-51-44(36-45(53)43-24-18-28-50-54(43)58(7,8)34-33-56(50,3)4)42-23-14-17-27-48(42)59(51)46-25-15-12-21-40(46)41-22-13-16-26-47(41)59/h9-30,35-37H,31-34H2,1-8H3. The Morgan fingerprint density at radius 1 is 0.317 bits per heavy atom. The van der Waals surface area contributed by atoms with Gasteiger partial charge in [-0.15, -0.1) is 0 Å². The first-order chi connectivity index (χ1) is 28.7. The molecule has 0 atom stereocenters. The van der Waals surface area contributed by atoms with Gasteiger partial charge in [-0.25, -0.2) is 0 Å². The van der Waals surface area contributed by atoms with Crippen molar-refractivity contribution in [2.45, 2.75) is 108 Å². The molecule has 0 aromatic heterocycles. The summed E-state index contributed by atoms with van der Waals surface area (Å²) in [6, 6.07) is 58.7. The molecule has 0 radical (unpaired) electrons. The second-order valence-electron chi connectivity index (χ2n) is 21.0. The van der Waals surface area contributed by atoms with Gasteiger partial charge in [0.05, 0.1) is 11.1 Å². The van der Waals surface area contributed by atoms with Crippen LogP contribution in [-0.2, 0) is 27.1 Å². The maximum absolute atomic E-state index is 2.63. The minimum atomic E-state index is -0.450. The molecular formula is C59H57N. The van der Waals surface area contributed by atoms with Crippen molar-refractivity contribution in [3.63, 3.8) is 0 Å². The van der Waals surface area contributed by atoms with E-state index in [1.807, 2.05) is 0 Å². The summed E-state index contributed by atoms with van der Waals surface area (Å²) < 4.78 is 0. The van der Waals surface area contributed by atoms with E-state index in [0.29, 0.717) is 0 Å². The molecular weight excluding hydrogens is 723 g/mol.